The van der Waals surface area contributed by atoms with Crippen LogP contribution in [0.3, 0.4) is 0 Å². The number of carbonyl (C=O) groups excluding carboxylic acids is 1. The SMILES string of the molecule is Cc1csc(Sc2ccc(NC(=O)c3ccc(Cn4cccn4)cc3)cc2)n1. The Morgan fingerprint density at radius 2 is 1.93 bits per heavy atom. The van der Waals surface area contributed by atoms with Crippen LogP contribution in [-0.4, -0.2) is 20.7 Å². The van der Waals surface area contributed by atoms with Crippen LogP contribution in [0.15, 0.2) is 81.6 Å². The van der Waals surface area contributed by atoms with Crippen LogP contribution in [0.1, 0.15) is 21.6 Å². The summed E-state index contributed by atoms with van der Waals surface area (Å²) in [6.07, 6.45) is 3.67. The molecule has 1 amide bonds. The highest BCUT2D eigenvalue weighted by Crippen LogP contribution is 2.30. The van der Waals surface area contributed by atoms with Crippen molar-refractivity contribution in [2.75, 3.05) is 5.32 Å². The molecule has 2 aromatic heterocycles. The molecule has 0 unspecified atom stereocenters. The number of hydrogen-bond acceptors (Lipinski definition) is 5. The topological polar surface area (TPSA) is 59.8 Å². The summed E-state index contributed by atoms with van der Waals surface area (Å²) in [6.45, 7) is 2.68. The van der Waals surface area contributed by atoms with Crippen LogP contribution in [0.4, 0.5) is 5.69 Å². The smallest absolute Gasteiger partial charge is 0.255 e. The fraction of sp³-hybridized carbons (Fsp3) is 0.0952. The number of anilines is 1. The van der Waals surface area contributed by atoms with Crippen LogP contribution in [0.5, 0.6) is 0 Å². The van der Waals surface area contributed by atoms with Crippen molar-refractivity contribution in [1.29, 1.82) is 0 Å². The molecule has 7 heteroatoms. The van der Waals surface area contributed by atoms with Gasteiger partial charge in [0.2, 0.25) is 0 Å². The molecule has 0 fully saturated rings. The van der Waals surface area contributed by atoms with E-state index < -0.39 is 0 Å². The van der Waals surface area contributed by atoms with E-state index in [0.29, 0.717) is 12.1 Å². The van der Waals surface area contributed by atoms with Crippen LogP contribution >= 0.6 is 23.1 Å². The van der Waals surface area contributed by atoms with Crippen molar-refractivity contribution >= 4 is 34.7 Å². The third-order valence-electron chi connectivity index (χ3n) is 4.04. The molecule has 2 heterocycles. The molecule has 0 saturated heterocycles. The Balaban J connectivity index is 1.36. The van der Waals surface area contributed by atoms with E-state index in [9.17, 15) is 4.79 Å². The predicted octanol–water partition coefficient (Wildman–Crippen LogP) is 5.10. The van der Waals surface area contributed by atoms with Crippen molar-refractivity contribution in [2.45, 2.75) is 22.7 Å². The van der Waals surface area contributed by atoms with Gasteiger partial charge in [0.05, 0.1) is 6.54 Å². The number of hydrogen-bond donors (Lipinski definition) is 1. The van der Waals surface area contributed by atoms with E-state index in [1.165, 1.54) is 0 Å². The lowest BCUT2D eigenvalue weighted by Gasteiger charge is -2.07. The zero-order valence-electron chi connectivity index (χ0n) is 15.2. The summed E-state index contributed by atoms with van der Waals surface area (Å²) in [5.41, 5.74) is 3.53. The minimum atomic E-state index is -0.124. The van der Waals surface area contributed by atoms with Crippen molar-refractivity contribution in [1.82, 2.24) is 14.8 Å². The van der Waals surface area contributed by atoms with Crippen molar-refractivity contribution in [3.8, 4) is 0 Å². The van der Waals surface area contributed by atoms with Gasteiger partial charge in [-0.1, -0.05) is 23.9 Å². The van der Waals surface area contributed by atoms with Gasteiger partial charge in [-0.3, -0.25) is 9.48 Å². The molecule has 0 aliphatic rings. The zero-order valence-corrected chi connectivity index (χ0v) is 16.8. The maximum Gasteiger partial charge on any atom is 0.255 e. The molecule has 4 rings (SSSR count). The van der Waals surface area contributed by atoms with Gasteiger partial charge in [-0.2, -0.15) is 5.10 Å². The molecule has 4 aromatic rings. The normalized spacial score (nSPS) is 10.8. The van der Waals surface area contributed by atoms with Crippen molar-refractivity contribution < 1.29 is 4.79 Å². The van der Waals surface area contributed by atoms with Crippen molar-refractivity contribution in [3.05, 3.63) is 89.2 Å². The number of benzene rings is 2. The number of aromatic nitrogens is 3. The van der Waals surface area contributed by atoms with Gasteiger partial charge in [-0.15, -0.1) is 11.3 Å². The number of rotatable bonds is 6. The van der Waals surface area contributed by atoms with Gasteiger partial charge in [0, 0.05) is 39.6 Å². The summed E-state index contributed by atoms with van der Waals surface area (Å²) in [7, 11) is 0. The summed E-state index contributed by atoms with van der Waals surface area (Å²) in [4.78, 5) is 18.0. The van der Waals surface area contributed by atoms with Crippen LogP contribution < -0.4 is 5.32 Å². The monoisotopic (exact) mass is 406 g/mol. The van der Waals surface area contributed by atoms with E-state index in [1.807, 2.05) is 77.8 Å². The van der Waals surface area contributed by atoms with E-state index in [4.69, 9.17) is 0 Å². The summed E-state index contributed by atoms with van der Waals surface area (Å²) >= 11 is 3.26. The summed E-state index contributed by atoms with van der Waals surface area (Å²) in [5, 5.41) is 9.17. The van der Waals surface area contributed by atoms with Gasteiger partial charge >= 0.3 is 0 Å². The number of nitrogens with zero attached hydrogens (tertiary/aromatic N) is 3. The molecule has 140 valence electrons. The minimum absolute atomic E-state index is 0.124. The Labute approximate surface area is 171 Å². The molecule has 0 bridgehead atoms. The number of carbonyl (C=O) groups is 1. The zero-order chi connectivity index (χ0) is 19.3. The molecule has 28 heavy (non-hydrogen) atoms. The predicted molar refractivity (Wildman–Crippen MR) is 113 cm³/mol. The standard InChI is InChI=1S/C21H18N4OS2/c1-15-14-27-21(23-15)28-19-9-7-18(8-10-19)24-20(26)17-5-3-16(4-6-17)13-25-12-2-11-22-25/h2-12,14H,13H2,1H3,(H,24,26). The third-order valence-corrected chi connectivity index (χ3v) is 6.10. The van der Waals surface area contributed by atoms with Gasteiger partial charge in [-0.25, -0.2) is 4.98 Å². The van der Waals surface area contributed by atoms with Crippen LogP contribution in [-0.2, 0) is 6.54 Å². The van der Waals surface area contributed by atoms with Gasteiger partial charge in [0.25, 0.3) is 5.91 Å². The fourth-order valence-corrected chi connectivity index (χ4v) is 4.44. The summed E-state index contributed by atoms with van der Waals surface area (Å²) in [5.74, 6) is -0.124. The van der Waals surface area contributed by atoms with Crippen LogP contribution in [0.2, 0.25) is 0 Å². The van der Waals surface area contributed by atoms with E-state index in [-0.39, 0.29) is 5.91 Å². The lowest BCUT2D eigenvalue weighted by molar-refractivity contribution is 0.102. The summed E-state index contributed by atoms with van der Waals surface area (Å²) in [6, 6.07) is 17.3. The Morgan fingerprint density at radius 3 is 2.57 bits per heavy atom. The van der Waals surface area contributed by atoms with Crippen molar-refractivity contribution in [3.63, 3.8) is 0 Å². The second-order valence-corrected chi connectivity index (χ2v) is 8.41. The molecule has 0 spiro atoms. The maximum absolute atomic E-state index is 12.5. The van der Waals surface area contributed by atoms with Crippen LogP contribution in [0, 0.1) is 6.92 Å². The highest BCUT2D eigenvalue weighted by Gasteiger charge is 2.07. The Hall–Kier alpha value is -2.90. The molecule has 0 atom stereocenters. The number of aryl methyl sites for hydroxylation is 1. The first kappa shape index (κ1) is 18.5. The van der Waals surface area contributed by atoms with Gasteiger partial charge in [0.15, 0.2) is 4.34 Å². The molecule has 0 aliphatic heterocycles. The molecule has 0 aliphatic carbocycles. The first-order valence-corrected chi connectivity index (χ1v) is 10.4. The quantitative estimate of drug-likeness (QED) is 0.484. The maximum atomic E-state index is 12.5. The van der Waals surface area contributed by atoms with E-state index >= 15 is 0 Å². The molecular weight excluding hydrogens is 388 g/mol. The number of thiazole rings is 1. The van der Waals surface area contributed by atoms with Gasteiger partial charge in [0.1, 0.15) is 0 Å². The number of amides is 1. The molecule has 1 N–H and O–H groups in total. The molecule has 2 aromatic carbocycles. The summed E-state index contributed by atoms with van der Waals surface area (Å²) < 4.78 is 2.87. The third kappa shape index (κ3) is 4.68. The Morgan fingerprint density at radius 1 is 1.14 bits per heavy atom. The Kier molecular flexibility index (Phi) is 5.55. The van der Waals surface area contributed by atoms with E-state index in [2.05, 4.69) is 15.4 Å². The average Bonchev–Trinajstić information content (AvgIpc) is 3.35. The minimum Gasteiger partial charge on any atom is -0.322 e. The molecule has 0 radical (unpaired) electrons. The van der Waals surface area contributed by atoms with E-state index in [0.717, 1.165) is 26.2 Å². The lowest BCUT2D eigenvalue weighted by Crippen LogP contribution is -2.12. The molecule has 5 nitrogen and oxygen atoms in total. The lowest BCUT2D eigenvalue weighted by atomic mass is 10.1. The average molecular weight is 407 g/mol. The molecular formula is C21H18N4OS2. The van der Waals surface area contributed by atoms with E-state index in [1.54, 1.807) is 29.3 Å². The second-order valence-electron chi connectivity index (χ2n) is 6.24. The van der Waals surface area contributed by atoms with Crippen molar-refractivity contribution in [2.24, 2.45) is 0 Å². The van der Waals surface area contributed by atoms with Gasteiger partial charge < -0.3 is 5.32 Å². The highest BCUT2D eigenvalue weighted by molar-refractivity contribution is 8.01. The van der Waals surface area contributed by atoms with Gasteiger partial charge in [-0.05, 0) is 55.0 Å². The first-order chi connectivity index (χ1) is 13.7. The van der Waals surface area contributed by atoms with Crippen LogP contribution in [0.25, 0.3) is 0 Å². The highest BCUT2D eigenvalue weighted by atomic mass is 32.2. The first-order valence-electron chi connectivity index (χ1n) is 8.73. The largest absolute Gasteiger partial charge is 0.322 e. The molecule has 0 saturated carbocycles. The fourth-order valence-electron chi connectivity index (χ4n) is 2.63. The second kappa shape index (κ2) is 8.41. The number of nitrogens with one attached hydrogen (secondary N) is 1. The Bertz CT molecular complexity index is 1050.